The van der Waals surface area contributed by atoms with E-state index in [0.29, 0.717) is 6.04 Å². The lowest BCUT2D eigenvalue weighted by Gasteiger charge is -2.15. The summed E-state index contributed by atoms with van der Waals surface area (Å²) in [5.41, 5.74) is 0. The predicted octanol–water partition coefficient (Wildman–Crippen LogP) is 0.210. The van der Waals surface area contributed by atoms with Gasteiger partial charge in [-0.3, -0.25) is 0 Å². The number of carboxylic acid groups (broad SMARTS) is 1. The summed E-state index contributed by atoms with van der Waals surface area (Å²) in [4.78, 5) is 10.2. The van der Waals surface area contributed by atoms with Crippen LogP contribution >= 0.6 is 0 Å². The number of carbonyl (C=O) groups is 1. The number of hydrogen-bond acceptors (Lipinski definition) is 3. The third-order valence-electron chi connectivity index (χ3n) is 1.87. The molecule has 0 unspecified atom stereocenters. The first-order valence-electron chi connectivity index (χ1n) is 4.26. The Morgan fingerprint density at radius 3 is 2.25 bits per heavy atom. The van der Waals surface area contributed by atoms with E-state index < -0.39 is 12.1 Å². The predicted molar refractivity (Wildman–Crippen MR) is 46.0 cm³/mol. The van der Waals surface area contributed by atoms with E-state index >= 15 is 0 Å². The van der Waals surface area contributed by atoms with Gasteiger partial charge in [0.1, 0.15) is 0 Å². The van der Waals surface area contributed by atoms with Crippen LogP contribution < -0.4 is 5.32 Å². The molecule has 0 aliphatic rings. The molecule has 0 bridgehead atoms. The Morgan fingerprint density at radius 2 is 1.92 bits per heavy atom. The topological polar surface area (TPSA) is 69.6 Å². The summed E-state index contributed by atoms with van der Waals surface area (Å²) in [7, 11) is 0. The van der Waals surface area contributed by atoms with Crippen LogP contribution in [0.4, 0.5) is 0 Å². The van der Waals surface area contributed by atoms with Crippen LogP contribution in [0.25, 0.3) is 0 Å². The molecule has 0 radical (unpaired) electrons. The van der Waals surface area contributed by atoms with Gasteiger partial charge in [-0.2, -0.15) is 0 Å². The summed E-state index contributed by atoms with van der Waals surface area (Å²) in [5, 5.41) is 20.2. The Balaban J connectivity index is 3.58. The van der Waals surface area contributed by atoms with Crippen molar-refractivity contribution in [2.75, 3.05) is 6.54 Å². The first-order valence-corrected chi connectivity index (χ1v) is 4.26. The third kappa shape index (κ3) is 4.31. The molecule has 0 fully saturated rings. The normalized spacial score (nSPS) is 13.3. The fraction of sp³-hybridized carbons (Fsp3) is 0.875. The van der Waals surface area contributed by atoms with Gasteiger partial charge in [0.05, 0.1) is 0 Å². The number of aliphatic hydroxyl groups is 1. The molecule has 0 aromatic rings. The molecular weight excluding hydrogens is 158 g/mol. The summed E-state index contributed by atoms with van der Waals surface area (Å²) >= 11 is 0. The molecule has 4 nitrogen and oxygen atoms in total. The lowest BCUT2D eigenvalue weighted by molar-refractivity contribution is -0.146. The van der Waals surface area contributed by atoms with Gasteiger partial charge in [0.2, 0.25) is 0 Å². The van der Waals surface area contributed by atoms with Crippen molar-refractivity contribution in [2.24, 2.45) is 0 Å². The summed E-state index contributed by atoms with van der Waals surface area (Å²) in [5.74, 6) is -1.17. The van der Waals surface area contributed by atoms with Crippen LogP contribution in [0.15, 0.2) is 0 Å². The van der Waals surface area contributed by atoms with Crippen LogP contribution in [0.1, 0.15) is 26.7 Å². The first-order chi connectivity index (χ1) is 5.61. The Hall–Kier alpha value is -0.610. The van der Waals surface area contributed by atoms with Crippen LogP contribution in [0.3, 0.4) is 0 Å². The fourth-order valence-corrected chi connectivity index (χ4v) is 0.943. The molecule has 0 saturated heterocycles. The third-order valence-corrected chi connectivity index (χ3v) is 1.87. The molecule has 4 heteroatoms. The van der Waals surface area contributed by atoms with E-state index in [0.717, 1.165) is 12.8 Å². The zero-order valence-electron chi connectivity index (χ0n) is 7.58. The van der Waals surface area contributed by atoms with Gasteiger partial charge in [-0.1, -0.05) is 13.8 Å². The van der Waals surface area contributed by atoms with Crippen LogP contribution in [0, 0.1) is 0 Å². The minimum absolute atomic E-state index is 0.127. The molecule has 3 N–H and O–H groups in total. The van der Waals surface area contributed by atoms with Crippen LogP contribution in [0.2, 0.25) is 0 Å². The number of aliphatic carboxylic acids is 1. The van der Waals surface area contributed by atoms with Crippen molar-refractivity contribution < 1.29 is 15.0 Å². The van der Waals surface area contributed by atoms with Gasteiger partial charge in [-0.05, 0) is 12.8 Å². The number of rotatable bonds is 6. The molecule has 0 aliphatic carbocycles. The zero-order chi connectivity index (χ0) is 9.56. The van der Waals surface area contributed by atoms with E-state index in [1.165, 1.54) is 0 Å². The van der Waals surface area contributed by atoms with Crippen LogP contribution in [0.5, 0.6) is 0 Å². The first kappa shape index (κ1) is 11.4. The maximum atomic E-state index is 10.2. The van der Waals surface area contributed by atoms with Crippen LogP contribution in [-0.2, 0) is 4.79 Å². The van der Waals surface area contributed by atoms with Gasteiger partial charge >= 0.3 is 5.97 Å². The van der Waals surface area contributed by atoms with Crippen molar-refractivity contribution in [1.82, 2.24) is 5.32 Å². The molecule has 0 amide bonds. The Kier molecular flexibility index (Phi) is 5.66. The summed E-state index contributed by atoms with van der Waals surface area (Å²) in [6, 6.07) is 0.305. The average Bonchev–Trinajstić information content (AvgIpc) is 2.05. The van der Waals surface area contributed by atoms with E-state index in [1.807, 2.05) is 13.8 Å². The Bertz CT molecular complexity index is 134. The Labute approximate surface area is 72.6 Å². The molecule has 1 atom stereocenters. The van der Waals surface area contributed by atoms with Gasteiger partial charge < -0.3 is 15.5 Å². The van der Waals surface area contributed by atoms with E-state index in [4.69, 9.17) is 10.2 Å². The minimum Gasteiger partial charge on any atom is -0.479 e. The van der Waals surface area contributed by atoms with Gasteiger partial charge in [0, 0.05) is 12.6 Å². The molecule has 0 aliphatic heterocycles. The molecule has 0 aromatic carbocycles. The molecule has 0 saturated carbocycles. The largest absolute Gasteiger partial charge is 0.479 e. The van der Waals surface area contributed by atoms with Gasteiger partial charge in [0.25, 0.3) is 0 Å². The van der Waals surface area contributed by atoms with Gasteiger partial charge in [0.15, 0.2) is 6.10 Å². The zero-order valence-corrected chi connectivity index (χ0v) is 7.58. The van der Waals surface area contributed by atoms with Crippen molar-refractivity contribution in [2.45, 2.75) is 38.8 Å². The number of aliphatic hydroxyl groups excluding tert-OH is 1. The van der Waals surface area contributed by atoms with Gasteiger partial charge in [-0.25, -0.2) is 4.79 Å². The molecule has 0 rings (SSSR count). The minimum atomic E-state index is -1.29. The van der Waals surface area contributed by atoms with Crippen LogP contribution in [-0.4, -0.2) is 34.9 Å². The maximum absolute atomic E-state index is 10.2. The quantitative estimate of drug-likeness (QED) is 0.539. The van der Waals surface area contributed by atoms with Crippen molar-refractivity contribution in [3.8, 4) is 0 Å². The second kappa shape index (κ2) is 5.97. The van der Waals surface area contributed by atoms with Crippen molar-refractivity contribution >= 4 is 5.97 Å². The molecule has 0 heterocycles. The lowest BCUT2D eigenvalue weighted by Crippen LogP contribution is -2.38. The summed E-state index contributed by atoms with van der Waals surface area (Å²) in [6.45, 7) is 4.17. The van der Waals surface area contributed by atoms with Gasteiger partial charge in [-0.15, -0.1) is 0 Å². The number of carboxylic acids is 1. The molecule has 0 aromatic heterocycles. The summed E-state index contributed by atoms with van der Waals surface area (Å²) < 4.78 is 0. The second-order valence-electron chi connectivity index (χ2n) is 2.78. The highest BCUT2D eigenvalue weighted by Crippen LogP contribution is 1.95. The smallest absolute Gasteiger partial charge is 0.333 e. The highest BCUT2D eigenvalue weighted by atomic mass is 16.4. The molecule has 0 spiro atoms. The number of nitrogens with one attached hydrogen (secondary N) is 1. The lowest BCUT2D eigenvalue weighted by atomic mass is 10.1. The van der Waals surface area contributed by atoms with Crippen molar-refractivity contribution in [3.05, 3.63) is 0 Å². The average molecular weight is 175 g/mol. The maximum Gasteiger partial charge on any atom is 0.333 e. The molecule has 72 valence electrons. The Morgan fingerprint density at radius 1 is 1.42 bits per heavy atom. The van der Waals surface area contributed by atoms with Crippen molar-refractivity contribution in [3.63, 3.8) is 0 Å². The van der Waals surface area contributed by atoms with Crippen molar-refractivity contribution in [1.29, 1.82) is 0 Å². The highest BCUT2D eigenvalue weighted by molar-refractivity contribution is 5.72. The standard InChI is InChI=1S/C8H17NO3/c1-3-6(4-2)9-5-7(10)8(11)12/h6-7,9-10H,3-5H2,1-2H3,(H,11,12)/t7-/m0/s1. The van der Waals surface area contributed by atoms with E-state index in [2.05, 4.69) is 5.32 Å². The van der Waals surface area contributed by atoms with E-state index in [9.17, 15) is 4.79 Å². The van der Waals surface area contributed by atoms with E-state index in [-0.39, 0.29) is 6.54 Å². The molecule has 12 heavy (non-hydrogen) atoms. The monoisotopic (exact) mass is 175 g/mol. The second-order valence-corrected chi connectivity index (χ2v) is 2.78. The SMILES string of the molecule is CCC(CC)NC[C@H](O)C(=O)O. The summed E-state index contributed by atoms with van der Waals surface area (Å²) in [6.07, 6.45) is 0.608. The fourth-order valence-electron chi connectivity index (χ4n) is 0.943. The molecular formula is C8H17NO3. The highest BCUT2D eigenvalue weighted by Gasteiger charge is 2.13. The number of hydrogen-bond donors (Lipinski definition) is 3. The van der Waals surface area contributed by atoms with E-state index in [1.54, 1.807) is 0 Å².